The molecular weight excluding hydrogens is 478 g/mol. The number of imide groups is 1. The van der Waals surface area contributed by atoms with Crippen molar-refractivity contribution in [2.45, 2.75) is 30.6 Å². The summed E-state index contributed by atoms with van der Waals surface area (Å²) in [5.74, 6) is -1.07. The summed E-state index contributed by atoms with van der Waals surface area (Å²) in [6.45, 7) is 1.04. The highest BCUT2D eigenvalue weighted by Gasteiger charge is 2.47. The third kappa shape index (κ3) is 5.68. The van der Waals surface area contributed by atoms with Gasteiger partial charge in [-0.1, -0.05) is 0 Å². The molecule has 0 radical (unpaired) electrons. The fraction of sp³-hybridized carbons (Fsp3) is 0.348. The molecule has 1 N–H and O–H groups in total. The molecule has 2 aromatic rings. The predicted octanol–water partition coefficient (Wildman–Crippen LogP) is 1.60. The molecule has 1 unspecified atom stereocenters. The molecule has 35 heavy (non-hydrogen) atoms. The number of sulfonamides is 1. The second-order valence-electron chi connectivity index (χ2n) is 7.67. The fourth-order valence-electron chi connectivity index (χ4n) is 3.68. The van der Waals surface area contributed by atoms with Crippen LogP contribution in [0.4, 0.5) is 11.4 Å². The van der Waals surface area contributed by atoms with Gasteiger partial charge in [0, 0.05) is 26.8 Å². The number of methoxy groups -OCH3 is 3. The lowest BCUT2D eigenvalue weighted by atomic mass is 10.2. The Morgan fingerprint density at radius 3 is 2.17 bits per heavy atom. The largest absolute Gasteiger partial charge is 0.497 e. The average Bonchev–Trinajstić information content (AvgIpc) is 3.13. The number of hydrogen-bond donors (Lipinski definition) is 1. The van der Waals surface area contributed by atoms with Gasteiger partial charge < -0.3 is 19.5 Å². The number of anilines is 2. The van der Waals surface area contributed by atoms with Crippen LogP contribution in [0.2, 0.25) is 0 Å². The minimum absolute atomic E-state index is 0.0809. The number of carbonyl (C=O) groups is 3. The van der Waals surface area contributed by atoms with Gasteiger partial charge in [-0.25, -0.2) is 13.3 Å². The number of carbonyl (C=O) groups excluding carboxylic acids is 3. The Labute approximate surface area is 203 Å². The molecule has 0 aliphatic carbocycles. The van der Waals surface area contributed by atoms with E-state index in [1.165, 1.54) is 64.7 Å². The molecule has 1 saturated heterocycles. The van der Waals surface area contributed by atoms with E-state index in [4.69, 9.17) is 14.2 Å². The van der Waals surface area contributed by atoms with E-state index in [-0.39, 0.29) is 29.5 Å². The number of hydrogen-bond acceptors (Lipinski definition) is 8. The standard InChI is InChI=1S/C23H27N3O8S/c1-15(27)24-16-5-7-17(8-6-16)26-21(28)13-20(23(26)29)25(14-22(33-3)34-4)35(30,31)19-11-9-18(32-2)10-12-19/h5-12,20,22H,13-14H2,1-4H3,(H,24,27). The molecule has 1 aliphatic rings. The third-order valence-electron chi connectivity index (χ3n) is 5.44. The van der Waals surface area contributed by atoms with Crippen molar-refractivity contribution in [2.75, 3.05) is 38.1 Å². The highest BCUT2D eigenvalue weighted by Crippen LogP contribution is 2.31. The Balaban J connectivity index is 1.96. The first kappa shape index (κ1) is 26.3. The maximum Gasteiger partial charge on any atom is 0.252 e. The van der Waals surface area contributed by atoms with E-state index in [1.54, 1.807) is 12.1 Å². The summed E-state index contributed by atoms with van der Waals surface area (Å²) >= 11 is 0. The van der Waals surface area contributed by atoms with Gasteiger partial charge in [0.1, 0.15) is 11.8 Å². The Morgan fingerprint density at radius 1 is 1.06 bits per heavy atom. The number of nitrogens with zero attached hydrogens (tertiary/aromatic N) is 2. The van der Waals surface area contributed by atoms with Crippen LogP contribution in [0.3, 0.4) is 0 Å². The molecule has 1 fully saturated rings. The number of amides is 3. The second kappa shape index (κ2) is 11.0. The van der Waals surface area contributed by atoms with Crippen molar-refractivity contribution in [3.63, 3.8) is 0 Å². The Morgan fingerprint density at radius 2 is 1.66 bits per heavy atom. The highest BCUT2D eigenvalue weighted by atomic mass is 32.2. The van der Waals surface area contributed by atoms with Gasteiger partial charge >= 0.3 is 0 Å². The Bertz CT molecular complexity index is 1180. The molecular formula is C23H27N3O8S. The third-order valence-corrected chi connectivity index (χ3v) is 7.33. The molecule has 0 aromatic heterocycles. The topological polar surface area (TPSA) is 132 Å². The molecule has 0 bridgehead atoms. The van der Waals surface area contributed by atoms with Crippen LogP contribution in [-0.2, 0) is 33.9 Å². The molecule has 3 amide bonds. The monoisotopic (exact) mass is 505 g/mol. The van der Waals surface area contributed by atoms with E-state index in [0.29, 0.717) is 11.4 Å². The van der Waals surface area contributed by atoms with Crippen LogP contribution >= 0.6 is 0 Å². The minimum Gasteiger partial charge on any atom is -0.497 e. The molecule has 1 heterocycles. The SMILES string of the molecule is COc1ccc(S(=O)(=O)N(CC(OC)OC)C2CC(=O)N(c3ccc(NC(C)=O)cc3)C2=O)cc1. The van der Waals surface area contributed by atoms with Crippen molar-refractivity contribution in [1.82, 2.24) is 4.31 Å². The van der Waals surface area contributed by atoms with E-state index in [0.717, 1.165) is 9.21 Å². The van der Waals surface area contributed by atoms with Gasteiger partial charge in [0.05, 0.1) is 30.7 Å². The van der Waals surface area contributed by atoms with Crippen molar-refractivity contribution in [1.29, 1.82) is 0 Å². The van der Waals surface area contributed by atoms with E-state index in [2.05, 4.69) is 5.32 Å². The van der Waals surface area contributed by atoms with Crippen LogP contribution in [0.25, 0.3) is 0 Å². The van der Waals surface area contributed by atoms with Gasteiger partial charge in [-0.15, -0.1) is 0 Å². The summed E-state index contributed by atoms with van der Waals surface area (Å²) in [6.07, 6.45) is -1.33. The molecule has 1 atom stereocenters. The van der Waals surface area contributed by atoms with Crippen LogP contribution < -0.4 is 15.0 Å². The lowest BCUT2D eigenvalue weighted by molar-refractivity contribution is -0.126. The molecule has 3 rings (SSSR count). The smallest absolute Gasteiger partial charge is 0.252 e. The van der Waals surface area contributed by atoms with Gasteiger partial charge in [-0.05, 0) is 48.5 Å². The van der Waals surface area contributed by atoms with E-state index >= 15 is 0 Å². The molecule has 0 spiro atoms. The minimum atomic E-state index is -4.24. The van der Waals surface area contributed by atoms with Crippen molar-refractivity contribution >= 4 is 39.1 Å². The number of benzene rings is 2. The summed E-state index contributed by atoms with van der Waals surface area (Å²) in [6, 6.07) is 10.5. The Kier molecular flexibility index (Phi) is 8.22. The van der Waals surface area contributed by atoms with Crippen molar-refractivity contribution in [3.8, 4) is 5.75 Å². The highest BCUT2D eigenvalue weighted by molar-refractivity contribution is 7.89. The van der Waals surface area contributed by atoms with Gasteiger partial charge in [0.15, 0.2) is 6.29 Å². The quantitative estimate of drug-likeness (QED) is 0.380. The zero-order chi connectivity index (χ0) is 25.8. The lowest BCUT2D eigenvalue weighted by Gasteiger charge is -2.29. The zero-order valence-corrected chi connectivity index (χ0v) is 20.6. The maximum absolute atomic E-state index is 13.6. The van der Waals surface area contributed by atoms with Crippen LogP contribution in [0.5, 0.6) is 5.75 Å². The zero-order valence-electron chi connectivity index (χ0n) is 19.8. The average molecular weight is 506 g/mol. The molecule has 12 heteroatoms. The summed E-state index contributed by atoms with van der Waals surface area (Å²) < 4.78 is 43.5. The van der Waals surface area contributed by atoms with Gasteiger partial charge in [-0.3, -0.25) is 14.4 Å². The number of nitrogens with one attached hydrogen (secondary N) is 1. The summed E-state index contributed by atoms with van der Waals surface area (Å²) in [5, 5.41) is 2.60. The summed E-state index contributed by atoms with van der Waals surface area (Å²) in [7, 11) is -0.0920. The van der Waals surface area contributed by atoms with E-state index in [9.17, 15) is 22.8 Å². The Hall–Kier alpha value is -3.32. The van der Waals surface area contributed by atoms with Crippen molar-refractivity contribution < 1.29 is 37.0 Å². The molecule has 0 saturated carbocycles. The normalized spacial score (nSPS) is 16.3. The van der Waals surface area contributed by atoms with Gasteiger partial charge in [0.25, 0.3) is 5.91 Å². The first-order valence-electron chi connectivity index (χ1n) is 10.6. The van der Waals surface area contributed by atoms with Crippen LogP contribution in [0.15, 0.2) is 53.4 Å². The lowest BCUT2D eigenvalue weighted by Crippen LogP contribution is -2.49. The van der Waals surface area contributed by atoms with Crippen LogP contribution in [0.1, 0.15) is 13.3 Å². The van der Waals surface area contributed by atoms with E-state index < -0.39 is 34.2 Å². The number of ether oxygens (including phenoxy) is 3. The van der Waals surface area contributed by atoms with Gasteiger partial charge in [0.2, 0.25) is 21.8 Å². The predicted molar refractivity (Wildman–Crippen MR) is 126 cm³/mol. The van der Waals surface area contributed by atoms with Crippen LogP contribution in [0, 0.1) is 0 Å². The number of rotatable bonds is 10. The van der Waals surface area contributed by atoms with Crippen LogP contribution in [-0.4, -0.2) is 70.7 Å². The fourth-order valence-corrected chi connectivity index (χ4v) is 5.25. The van der Waals surface area contributed by atoms with Gasteiger partial charge in [-0.2, -0.15) is 4.31 Å². The molecule has 2 aromatic carbocycles. The van der Waals surface area contributed by atoms with Crippen molar-refractivity contribution in [2.24, 2.45) is 0 Å². The summed E-state index contributed by atoms with van der Waals surface area (Å²) in [4.78, 5) is 38.4. The van der Waals surface area contributed by atoms with Crippen molar-refractivity contribution in [3.05, 3.63) is 48.5 Å². The molecule has 1 aliphatic heterocycles. The van der Waals surface area contributed by atoms with E-state index in [1.807, 2.05) is 0 Å². The maximum atomic E-state index is 13.6. The summed E-state index contributed by atoms with van der Waals surface area (Å²) in [5.41, 5.74) is 0.747. The first-order chi connectivity index (χ1) is 16.6. The molecule has 11 nitrogen and oxygen atoms in total. The first-order valence-corrected chi connectivity index (χ1v) is 12.0. The second-order valence-corrected chi connectivity index (χ2v) is 9.56. The molecule has 188 valence electrons.